The molecule has 1 aromatic rings. The maximum absolute atomic E-state index is 14.1. The van der Waals surface area contributed by atoms with Gasteiger partial charge in [0.25, 0.3) is 0 Å². The first-order valence-corrected chi connectivity index (χ1v) is 16.5. The minimum Gasteiger partial charge on any atom is -0.479 e. The largest absolute Gasteiger partial charge is 0.479 e. The van der Waals surface area contributed by atoms with Crippen LogP contribution in [0.15, 0.2) is 24.3 Å². The molecule has 4 aliphatic rings. The standard InChI is InChI=1S/C32H41Cl2N5O7/c1-31(2,3)37-29(44)35-24-10-8-6-4-5-7-9-20-14-32(20,28(42)43)36-26(40)25-13-21(17-39(25)27(24)41)46-30(45)38-15-18-11-22(33)23(34)12-19(18)16-38/h7,9,11-12,20-21,24-25H,4-6,8,10,13-17H2,1-3H3,(H,36,40)(H,42,43)(H2,35,37,44)/t20-,21-,24+,25?,32-/m1/s1. The van der Waals surface area contributed by atoms with Crippen LogP contribution in [0.5, 0.6) is 0 Å². The third-order valence-corrected chi connectivity index (χ3v) is 9.63. The van der Waals surface area contributed by atoms with Crippen LogP contribution in [-0.4, -0.2) is 80.6 Å². The highest BCUT2D eigenvalue weighted by Crippen LogP contribution is 2.45. The van der Waals surface area contributed by atoms with Gasteiger partial charge in [-0.3, -0.25) is 14.5 Å². The van der Waals surface area contributed by atoms with Gasteiger partial charge in [0, 0.05) is 31.0 Å². The van der Waals surface area contributed by atoms with E-state index < -0.39 is 59.2 Å². The van der Waals surface area contributed by atoms with Crippen LogP contribution in [0.3, 0.4) is 0 Å². The SMILES string of the molecule is CC(C)(C)NC(=O)N[C@H]1CCCCCC=C[C@@H]2C[C@@]2(C(=O)O)NC(=O)C2C[C@@H](OC(=O)N3Cc4cc(Cl)c(Cl)cc4C3)CN2C1=O. The van der Waals surface area contributed by atoms with Crippen LogP contribution in [0.2, 0.25) is 10.0 Å². The Kier molecular flexibility index (Phi) is 9.79. The molecule has 14 heteroatoms. The molecule has 0 bridgehead atoms. The summed E-state index contributed by atoms with van der Waals surface area (Å²) in [5.41, 5.74) is -0.332. The number of rotatable bonds is 3. The molecule has 1 unspecified atom stereocenters. The maximum atomic E-state index is 14.1. The lowest BCUT2D eigenvalue weighted by Crippen LogP contribution is -2.58. The van der Waals surface area contributed by atoms with E-state index in [1.54, 1.807) is 12.1 Å². The van der Waals surface area contributed by atoms with E-state index >= 15 is 0 Å². The zero-order valence-electron chi connectivity index (χ0n) is 26.2. The van der Waals surface area contributed by atoms with E-state index in [0.717, 1.165) is 30.4 Å². The molecule has 2 fully saturated rings. The van der Waals surface area contributed by atoms with Gasteiger partial charge in [-0.1, -0.05) is 48.2 Å². The molecular weight excluding hydrogens is 637 g/mol. The number of carboxylic acids is 1. The summed E-state index contributed by atoms with van der Waals surface area (Å²) in [4.78, 5) is 69.2. The second-order valence-electron chi connectivity index (χ2n) is 13.7. The summed E-state index contributed by atoms with van der Waals surface area (Å²) in [6, 6.07) is 0.847. The fourth-order valence-electron chi connectivity index (χ4n) is 6.42. The molecule has 1 saturated heterocycles. The average molecular weight is 679 g/mol. The van der Waals surface area contributed by atoms with Crippen LogP contribution in [-0.2, 0) is 32.2 Å². The first kappa shape index (κ1) is 33.8. The highest BCUT2D eigenvalue weighted by atomic mass is 35.5. The summed E-state index contributed by atoms with van der Waals surface area (Å²) < 4.78 is 5.84. The summed E-state index contributed by atoms with van der Waals surface area (Å²) in [6.45, 7) is 5.89. The molecule has 3 aliphatic heterocycles. The third-order valence-electron chi connectivity index (χ3n) is 8.91. The van der Waals surface area contributed by atoms with E-state index in [1.807, 2.05) is 32.9 Å². The van der Waals surface area contributed by atoms with Gasteiger partial charge in [-0.2, -0.15) is 0 Å². The molecule has 5 rings (SSSR count). The van der Waals surface area contributed by atoms with Crippen molar-refractivity contribution in [2.75, 3.05) is 6.54 Å². The molecule has 1 saturated carbocycles. The molecule has 3 heterocycles. The van der Waals surface area contributed by atoms with Crippen molar-refractivity contribution in [3.8, 4) is 0 Å². The third kappa shape index (κ3) is 7.54. The molecule has 1 aromatic carbocycles. The Morgan fingerprint density at radius 1 is 1.07 bits per heavy atom. The quantitative estimate of drug-likeness (QED) is 0.346. The number of aliphatic carboxylic acids is 1. The van der Waals surface area contributed by atoms with E-state index in [0.29, 0.717) is 22.9 Å². The fourth-order valence-corrected chi connectivity index (χ4v) is 6.79. The first-order chi connectivity index (χ1) is 21.7. The van der Waals surface area contributed by atoms with Crippen LogP contribution in [0.1, 0.15) is 76.8 Å². The smallest absolute Gasteiger partial charge is 0.410 e. The number of hydrogen-bond donors (Lipinski definition) is 4. The normalized spacial score (nSPS) is 28.2. The Morgan fingerprint density at radius 3 is 2.37 bits per heavy atom. The van der Waals surface area contributed by atoms with Crippen molar-refractivity contribution < 1.29 is 33.8 Å². The lowest BCUT2D eigenvalue weighted by atomic mass is 10.0. The van der Waals surface area contributed by atoms with Gasteiger partial charge in [0.1, 0.15) is 23.7 Å². The molecule has 46 heavy (non-hydrogen) atoms. The Hall–Kier alpha value is -3.51. The monoisotopic (exact) mass is 677 g/mol. The fraction of sp³-hybridized carbons (Fsp3) is 0.594. The molecule has 5 atom stereocenters. The molecule has 12 nitrogen and oxygen atoms in total. The molecule has 0 spiro atoms. The number of allylic oxidation sites excluding steroid dienone is 1. The van der Waals surface area contributed by atoms with Crippen molar-refractivity contribution in [3.63, 3.8) is 0 Å². The summed E-state index contributed by atoms with van der Waals surface area (Å²) in [6.07, 6.45) is 5.86. The topological polar surface area (TPSA) is 157 Å². The number of fused-ring (bicyclic) bond motifs is 3. The second kappa shape index (κ2) is 13.3. The van der Waals surface area contributed by atoms with E-state index in [9.17, 15) is 29.1 Å². The van der Waals surface area contributed by atoms with E-state index in [4.69, 9.17) is 27.9 Å². The van der Waals surface area contributed by atoms with E-state index in [2.05, 4.69) is 16.0 Å². The zero-order valence-corrected chi connectivity index (χ0v) is 27.7. The van der Waals surface area contributed by atoms with Crippen LogP contribution in [0.4, 0.5) is 9.59 Å². The van der Waals surface area contributed by atoms with Crippen molar-refractivity contribution in [1.29, 1.82) is 0 Å². The Bertz CT molecular complexity index is 1420. The van der Waals surface area contributed by atoms with Crippen molar-refractivity contribution in [2.24, 2.45) is 5.92 Å². The van der Waals surface area contributed by atoms with E-state index in [-0.39, 0.29) is 38.4 Å². The number of nitrogens with zero attached hydrogens (tertiary/aromatic N) is 2. The molecule has 5 amide bonds. The number of carbonyl (C=O) groups is 5. The van der Waals surface area contributed by atoms with Gasteiger partial charge in [-0.05, 0) is 69.7 Å². The van der Waals surface area contributed by atoms with Gasteiger partial charge < -0.3 is 30.7 Å². The predicted molar refractivity (Wildman–Crippen MR) is 170 cm³/mol. The molecule has 4 N–H and O–H groups in total. The van der Waals surface area contributed by atoms with Crippen molar-refractivity contribution in [3.05, 3.63) is 45.5 Å². The van der Waals surface area contributed by atoms with Crippen LogP contribution < -0.4 is 16.0 Å². The van der Waals surface area contributed by atoms with Crippen LogP contribution in [0.25, 0.3) is 0 Å². The van der Waals surface area contributed by atoms with Gasteiger partial charge in [0.05, 0.1) is 16.6 Å². The molecule has 250 valence electrons. The summed E-state index contributed by atoms with van der Waals surface area (Å²) in [5, 5.41) is 19.1. The molecule has 0 radical (unpaired) electrons. The average Bonchev–Trinajstić information content (AvgIpc) is 3.27. The number of amides is 5. The number of carbonyl (C=O) groups excluding carboxylic acids is 4. The predicted octanol–water partition coefficient (Wildman–Crippen LogP) is 4.36. The molecule has 1 aliphatic carbocycles. The lowest BCUT2D eigenvalue weighted by Gasteiger charge is -2.30. The number of halogens is 2. The van der Waals surface area contributed by atoms with Crippen molar-refractivity contribution >= 4 is 53.1 Å². The number of ether oxygens (including phenoxy) is 1. The number of urea groups is 1. The summed E-state index contributed by atoms with van der Waals surface area (Å²) in [5.74, 6) is -2.65. The zero-order chi connectivity index (χ0) is 33.4. The summed E-state index contributed by atoms with van der Waals surface area (Å²) >= 11 is 12.3. The second-order valence-corrected chi connectivity index (χ2v) is 14.5. The highest BCUT2D eigenvalue weighted by Gasteiger charge is 2.61. The minimum atomic E-state index is -1.47. The van der Waals surface area contributed by atoms with Crippen LogP contribution >= 0.6 is 23.2 Å². The Balaban J connectivity index is 1.37. The van der Waals surface area contributed by atoms with Gasteiger partial charge in [0.2, 0.25) is 11.8 Å². The van der Waals surface area contributed by atoms with Crippen molar-refractivity contribution in [1.82, 2.24) is 25.8 Å². The van der Waals surface area contributed by atoms with Gasteiger partial charge >= 0.3 is 18.1 Å². The maximum Gasteiger partial charge on any atom is 0.410 e. The number of carboxylic acid groups (broad SMARTS) is 1. The first-order valence-electron chi connectivity index (χ1n) is 15.7. The molecular formula is C32H41Cl2N5O7. The van der Waals surface area contributed by atoms with Gasteiger partial charge in [-0.15, -0.1) is 0 Å². The Labute approximate surface area is 278 Å². The minimum absolute atomic E-state index is 0.0289. The van der Waals surface area contributed by atoms with Gasteiger partial charge in [-0.25, -0.2) is 14.4 Å². The number of benzene rings is 1. The van der Waals surface area contributed by atoms with Gasteiger partial charge in [0.15, 0.2) is 0 Å². The van der Waals surface area contributed by atoms with Crippen LogP contribution in [0, 0.1) is 5.92 Å². The number of nitrogens with one attached hydrogen (secondary N) is 3. The van der Waals surface area contributed by atoms with E-state index in [1.165, 1.54) is 9.80 Å². The number of hydrogen-bond acceptors (Lipinski definition) is 6. The molecule has 0 aromatic heterocycles. The Morgan fingerprint density at radius 2 is 1.74 bits per heavy atom. The summed E-state index contributed by atoms with van der Waals surface area (Å²) in [7, 11) is 0. The lowest BCUT2D eigenvalue weighted by molar-refractivity contribution is -0.145. The highest BCUT2D eigenvalue weighted by molar-refractivity contribution is 6.42. The van der Waals surface area contributed by atoms with Crippen molar-refractivity contribution in [2.45, 2.75) is 108 Å².